The van der Waals surface area contributed by atoms with Crippen LogP contribution in [0.2, 0.25) is 0 Å². The van der Waals surface area contributed by atoms with E-state index in [0.717, 1.165) is 11.3 Å². The molecular formula is C16H16N5O2+. The highest BCUT2D eigenvalue weighted by Crippen LogP contribution is 2.21. The molecule has 0 spiro atoms. The van der Waals surface area contributed by atoms with E-state index >= 15 is 0 Å². The monoisotopic (exact) mass is 310 g/mol. The largest absolute Gasteiger partial charge is 0.269 e. The van der Waals surface area contributed by atoms with Crippen LogP contribution in [0.25, 0.3) is 0 Å². The molecule has 0 fully saturated rings. The predicted octanol–water partition coefficient (Wildman–Crippen LogP) is 3.94. The Hall–Kier alpha value is -3.27. The lowest BCUT2D eigenvalue weighted by atomic mass is 10.2. The fourth-order valence-corrected chi connectivity index (χ4v) is 1.99. The molecule has 0 bridgehead atoms. The summed E-state index contributed by atoms with van der Waals surface area (Å²) < 4.78 is 1.58. The molecule has 1 unspecified atom stereocenters. The Morgan fingerprint density at radius 2 is 1.87 bits per heavy atom. The Labute approximate surface area is 133 Å². The highest BCUT2D eigenvalue weighted by molar-refractivity contribution is 5.47. The number of aryl methyl sites for hydroxylation is 1. The van der Waals surface area contributed by atoms with Crippen LogP contribution in [0.15, 0.2) is 53.8 Å². The third-order valence-corrected chi connectivity index (χ3v) is 3.28. The Balaban J connectivity index is 2.30. The average Bonchev–Trinajstić information content (AvgIpc) is 2.56. The lowest BCUT2D eigenvalue weighted by Crippen LogP contribution is -2.17. The summed E-state index contributed by atoms with van der Waals surface area (Å²) in [5, 5.41) is 24.1. The van der Waals surface area contributed by atoms with Gasteiger partial charge in [0.25, 0.3) is 5.69 Å². The van der Waals surface area contributed by atoms with Crippen molar-refractivity contribution in [1.82, 2.24) is 0 Å². The number of nitro groups is 1. The Morgan fingerprint density at radius 1 is 1.22 bits per heavy atom. The van der Waals surface area contributed by atoms with E-state index in [2.05, 4.69) is 16.7 Å². The van der Waals surface area contributed by atoms with Crippen molar-refractivity contribution in [3.8, 4) is 6.07 Å². The number of nitrogens with one attached hydrogen (secondary N) is 1. The van der Waals surface area contributed by atoms with E-state index in [9.17, 15) is 15.4 Å². The molecule has 1 atom stereocenters. The molecule has 0 aromatic heterocycles. The zero-order valence-corrected chi connectivity index (χ0v) is 12.8. The van der Waals surface area contributed by atoms with E-state index in [1.165, 1.54) is 12.1 Å². The first-order chi connectivity index (χ1) is 11.0. The summed E-state index contributed by atoms with van der Waals surface area (Å²) >= 11 is 0. The summed E-state index contributed by atoms with van der Waals surface area (Å²) in [6, 6.07) is 15.2. The second-order valence-corrected chi connectivity index (χ2v) is 4.95. The zero-order valence-electron chi connectivity index (χ0n) is 12.8. The van der Waals surface area contributed by atoms with E-state index in [4.69, 9.17) is 0 Å². The van der Waals surface area contributed by atoms with E-state index in [0.29, 0.717) is 5.69 Å². The molecule has 2 aromatic rings. The summed E-state index contributed by atoms with van der Waals surface area (Å²) in [5.74, 6) is 0. The predicted molar refractivity (Wildman–Crippen MR) is 85.3 cm³/mol. The maximum Gasteiger partial charge on any atom is 0.269 e. The summed E-state index contributed by atoms with van der Waals surface area (Å²) in [6.07, 6.45) is 0. The second kappa shape index (κ2) is 7.13. The van der Waals surface area contributed by atoms with Gasteiger partial charge in [-0.25, -0.2) is 0 Å². The number of nitrogens with zero attached hydrogens (tertiary/aromatic N) is 4. The van der Waals surface area contributed by atoms with E-state index in [-0.39, 0.29) is 5.69 Å². The van der Waals surface area contributed by atoms with Crippen LogP contribution in [0.4, 0.5) is 17.1 Å². The third-order valence-electron chi connectivity index (χ3n) is 3.28. The molecule has 116 valence electrons. The van der Waals surface area contributed by atoms with Gasteiger partial charge < -0.3 is 0 Å². The molecule has 1 N–H and O–H groups in total. The lowest BCUT2D eigenvalue weighted by molar-refractivity contribution is -0.533. The van der Waals surface area contributed by atoms with Crippen molar-refractivity contribution < 1.29 is 9.62 Å². The number of nitro benzene ring substituents is 1. The molecule has 0 amide bonds. The first-order valence-electron chi connectivity index (χ1n) is 6.98. The van der Waals surface area contributed by atoms with Gasteiger partial charge in [-0.05, 0) is 37.6 Å². The first-order valence-corrected chi connectivity index (χ1v) is 6.98. The summed E-state index contributed by atoms with van der Waals surface area (Å²) in [7, 11) is 0. The molecule has 23 heavy (non-hydrogen) atoms. The van der Waals surface area contributed by atoms with Crippen molar-refractivity contribution in [3.63, 3.8) is 0 Å². The van der Waals surface area contributed by atoms with E-state index in [1.807, 2.05) is 31.2 Å². The fraction of sp³-hybridized carbons (Fsp3) is 0.188. The second-order valence-electron chi connectivity index (χ2n) is 4.95. The van der Waals surface area contributed by atoms with Gasteiger partial charge >= 0.3 is 0 Å². The molecule has 0 aliphatic heterocycles. The van der Waals surface area contributed by atoms with Crippen LogP contribution in [0, 0.1) is 28.4 Å². The number of non-ortho nitro benzene ring substituents is 1. The van der Waals surface area contributed by atoms with Crippen LogP contribution in [0.1, 0.15) is 12.5 Å². The molecule has 0 saturated carbocycles. The van der Waals surface area contributed by atoms with Gasteiger partial charge in [0.1, 0.15) is 11.8 Å². The summed E-state index contributed by atoms with van der Waals surface area (Å²) in [6.45, 7) is 3.68. The van der Waals surface area contributed by atoms with E-state index in [1.54, 1.807) is 23.8 Å². The van der Waals surface area contributed by atoms with Crippen molar-refractivity contribution in [2.75, 3.05) is 5.43 Å². The minimum Gasteiger partial charge on any atom is -0.258 e. The maximum absolute atomic E-state index is 10.6. The van der Waals surface area contributed by atoms with Crippen molar-refractivity contribution >= 4 is 17.1 Å². The van der Waals surface area contributed by atoms with Gasteiger partial charge in [0.15, 0.2) is 5.69 Å². The SMILES string of the molecule is Cc1ccccc1[N+](=NNc1ccc([N+](=O)[O-])cc1)C(C)C#N. The third kappa shape index (κ3) is 3.89. The van der Waals surface area contributed by atoms with Crippen LogP contribution in [0.5, 0.6) is 0 Å². The van der Waals surface area contributed by atoms with Crippen LogP contribution < -0.4 is 5.43 Å². The number of para-hydroxylation sites is 1. The average molecular weight is 310 g/mol. The molecule has 2 rings (SSSR count). The van der Waals surface area contributed by atoms with Crippen molar-refractivity contribution in [2.24, 2.45) is 5.22 Å². The quantitative estimate of drug-likeness (QED) is 0.391. The van der Waals surface area contributed by atoms with Crippen LogP contribution in [0.3, 0.4) is 0 Å². The minimum absolute atomic E-state index is 0.0108. The van der Waals surface area contributed by atoms with Crippen molar-refractivity contribution in [3.05, 3.63) is 64.2 Å². The van der Waals surface area contributed by atoms with Crippen molar-refractivity contribution in [2.45, 2.75) is 19.9 Å². The molecule has 7 heteroatoms. The Morgan fingerprint density at radius 3 is 2.43 bits per heavy atom. The van der Waals surface area contributed by atoms with Crippen LogP contribution >= 0.6 is 0 Å². The molecule has 0 aliphatic rings. The van der Waals surface area contributed by atoms with Gasteiger partial charge in [-0.15, -0.1) is 10.1 Å². The molecule has 0 aliphatic carbocycles. The molecule has 0 saturated heterocycles. The number of benzene rings is 2. The Bertz CT molecular complexity index is 778. The van der Waals surface area contributed by atoms with Crippen LogP contribution in [-0.2, 0) is 0 Å². The normalized spacial score (nSPS) is 12.3. The number of hydrogen-bond acceptors (Lipinski definition) is 4. The van der Waals surface area contributed by atoms with Gasteiger partial charge in [-0.2, -0.15) is 5.26 Å². The number of rotatable bonds is 5. The van der Waals surface area contributed by atoms with Gasteiger partial charge in [-0.1, -0.05) is 18.2 Å². The number of nitriles is 1. The molecule has 0 heterocycles. The number of anilines is 1. The molecular weight excluding hydrogens is 294 g/mol. The molecule has 7 nitrogen and oxygen atoms in total. The van der Waals surface area contributed by atoms with Crippen LogP contribution in [-0.4, -0.2) is 15.7 Å². The zero-order chi connectivity index (χ0) is 16.8. The standard InChI is InChI=1S/C16H15N5O2/c1-12-5-3-4-6-16(12)20(13(2)11-17)19-18-14-7-9-15(10-8-14)21(22)23/h3-10,13H,1-2H3/p+1. The topological polar surface area (TPSA) is 94.3 Å². The summed E-state index contributed by atoms with van der Waals surface area (Å²) in [4.78, 5) is 10.2. The van der Waals surface area contributed by atoms with Gasteiger partial charge in [0.2, 0.25) is 6.04 Å². The smallest absolute Gasteiger partial charge is 0.258 e. The maximum atomic E-state index is 10.6. The summed E-state index contributed by atoms with van der Waals surface area (Å²) in [5.41, 5.74) is 5.24. The lowest BCUT2D eigenvalue weighted by Gasteiger charge is -2.08. The van der Waals surface area contributed by atoms with Crippen molar-refractivity contribution in [1.29, 1.82) is 5.26 Å². The minimum atomic E-state index is -0.471. The first kappa shape index (κ1) is 16.1. The molecule has 2 aromatic carbocycles. The molecule has 0 radical (unpaired) electrons. The van der Waals surface area contributed by atoms with Gasteiger partial charge in [-0.3, -0.25) is 10.1 Å². The number of hydrogen-bond donors (Lipinski definition) is 1. The highest BCUT2D eigenvalue weighted by Gasteiger charge is 2.18. The fourth-order valence-electron chi connectivity index (χ4n) is 1.99. The van der Waals surface area contributed by atoms with Gasteiger partial charge in [0, 0.05) is 12.1 Å². The van der Waals surface area contributed by atoms with Gasteiger partial charge in [0.05, 0.1) is 10.1 Å². The van der Waals surface area contributed by atoms with E-state index < -0.39 is 11.0 Å². The highest BCUT2D eigenvalue weighted by atomic mass is 16.6. The Kier molecular flexibility index (Phi) is 5.00.